The lowest BCUT2D eigenvalue weighted by Gasteiger charge is -2.21. The molecule has 2 unspecified atom stereocenters. The number of allylic oxidation sites excluding steroid dienone is 1. The van der Waals surface area contributed by atoms with Crippen molar-refractivity contribution in [3.8, 4) is 17.0 Å². The highest BCUT2D eigenvalue weighted by molar-refractivity contribution is 7.85. The van der Waals surface area contributed by atoms with Gasteiger partial charge >= 0.3 is 0 Å². The molecule has 0 bridgehead atoms. The monoisotopic (exact) mass is 361 g/mol. The number of ether oxygens (including phenoxy) is 1. The van der Waals surface area contributed by atoms with Crippen LogP contribution in [0.3, 0.4) is 0 Å². The van der Waals surface area contributed by atoms with Crippen LogP contribution >= 0.6 is 0 Å². The Morgan fingerprint density at radius 1 is 1.08 bits per heavy atom. The second-order valence-electron chi connectivity index (χ2n) is 6.13. The van der Waals surface area contributed by atoms with E-state index in [-0.39, 0.29) is 5.25 Å². The van der Waals surface area contributed by atoms with Crippen molar-refractivity contribution in [1.29, 1.82) is 0 Å². The van der Waals surface area contributed by atoms with Gasteiger partial charge in [-0.2, -0.15) is 0 Å². The molecule has 0 N–H and O–H groups in total. The van der Waals surface area contributed by atoms with Crippen LogP contribution < -0.4 is 4.74 Å². The molecule has 2 atom stereocenters. The van der Waals surface area contributed by atoms with E-state index in [4.69, 9.17) is 4.74 Å². The van der Waals surface area contributed by atoms with Crippen LogP contribution in [0.2, 0.25) is 0 Å². The van der Waals surface area contributed by atoms with Crippen molar-refractivity contribution in [2.75, 3.05) is 7.11 Å². The van der Waals surface area contributed by atoms with E-state index in [9.17, 15) is 4.21 Å². The van der Waals surface area contributed by atoms with Gasteiger partial charge in [0, 0.05) is 22.7 Å². The molecular weight excluding hydrogens is 342 g/mol. The number of methoxy groups -OCH3 is 1. The topological polar surface area (TPSA) is 39.2 Å². The van der Waals surface area contributed by atoms with Gasteiger partial charge in [0.15, 0.2) is 0 Å². The summed E-state index contributed by atoms with van der Waals surface area (Å²) >= 11 is 0. The van der Waals surface area contributed by atoms with E-state index in [1.807, 2.05) is 48.5 Å². The van der Waals surface area contributed by atoms with Crippen molar-refractivity contribution in [3.05, 3.63) is 90.1 Å². The van der Waals surface area contributed by atoms with Crippen molar-refractivity contribution in [3.63, 3.8) is 0 Å². The molecule has 4 rings (SSSR count). The molecule has 0 saturated carbocycles. The van der Waals surface area contributed by atoms with E-state index in [1.54, 1.807) is 13.3 Å². The molecule has 0 spiro atoms. The fraction of sp³-hybridized carbons (Fsp3) is 0.136. The maximum Gasteiger partial charge on any atom is 0.122 e. The number of fused-ring (bicyclic) bond motifs is 1. The SMILES string of the molecule is COc1ccnc(-c2ccccc2S(=O)C2C=CCc3ccccc32)c1. The van der Waals surface area contributed by atoms with Crippen molar-refractivity contribution >= 4 is 10.8 Å². The van der Waals surface area contributed by atoms with Gasteiger partial charge in [0.1, 0.15) is 5.75 Å². The normalized spacial score (nSPS) is 16.7. The molecule has 3 nitrogen and oxygen atoms in total. The number of pyridine rings is 1. The lowest BCUT2D eigenvalue weighted by molar-refractivity contribution is 0.414. The van der Waals surface area contributed by atoms with E-state index >= 15 is 0 Å². The Balaban J connectivity index is 1.78. The smallest absolute Gasteiger partial charge is 0.122 e. The zero-order valence-electron chi connectivity index (χ0n) is 14.5. The van der Waals surface area contributed by atoms with Gasteiger partial charge in [-0.3, -0.25) is 9.19 Å². The lowest BCUT2D eigenvalue weighted by atomic mass is 9.97. The maximum absolute atomic E-state index is 13.5. The van der Waals surface area contributed by atoms with Crippen molar-refractivity contribution in [1.82, 2.24) is 4.98 Å². The molecule has 4 heteroatoms. The summed E-state index contributed by atoms with van der Waals surface area (Å²) in [6.45, 7) is 0. The maximum atomic E-state index is 13.5. The second kappa shape index (κ2) is 7.26. The summed E-state index contributed by atoms with van der Waals surface area (Å²) in [4.78, 5) is 5.25. The predicted octanol–water partition coefficient (Wildman–Crippen LogP) is 4.72. The molecule has 1 heterocycles. The molecular formula is C22H19NO2S. The Labute approximate surface area is 155 Å². The molecule has 1 aliphatic carbocycles. The summed E-state index contributed by atoms with van der Waals surface area (Å²) in [5.41, 5.74) is 4.02. The summed E-state index contributed by atoms with van der Waals surface area (Å²) in [7, 11) is 0.412. The first-order valence-corrected chi connectivity index (χ1v) is 9.73. The third kappa shape index (κ3) is 3.08. The van der Waals surface area contributed by atoms with Crippen LogP contribution in [0.1, 0.15) is 16.4 Å². The van der Waals surface area contributed by atoms with Crippen molar-refractivity contribution < 1.29 is 8.95 Å². The van der Waals surface area contributed by atoms with Gasteiger partial charge in [0.05, 0.1) is 28.9 Å². The molecule has 0 radical (unpaired) electrons. The Bertz CT molecular complexity index is 997. The Morgan fingerprint density at radius 3 is 2.77 bits per heavy atom. The van der Waals surface area contributed by atoms with E-state index in [0.717, 1.165) is 33.9 Å². The summed E-state index contributed by atoms with van der Waals surface area (Å²) < 4.78 is 18.8. The molecule has 0 amide bonds. The van der Waals surface area contributed by atoms with Crippen LogP contribution in [-0.2, 0) is 17.2 Å². The first-order chi connectivity index (χ1) is 12.8. The van der Waals surface area contributed by atoms with Gasteiger partial charge in [-0.1, -0.05) is 54.6 Å². The Hall–Kier alpha value is -2.72. The number of hydrogen-bond donors (Lipinski definition) is 0. The first kappa shape index (κ1) is 16.7. The lowest BCUT2D eigenvalue weighted by Crippen LogP contribution is -2.11. The van der Waals surface area contributed by atoms with E-state index in [1.165, 1.54) is 5.56 Å². The van der Waals surface area contributed by atoms with Gasteiger partial charge < -0.3 is 4.74 Å². The fourth-order valence-corrected chi connectivity index (χ4v) is 4.87. The second-order valence-corrected chi connectivity index (χ2v) is 7.67. The molecule has 0 aliphatic heterocycles. The predicted molar refractivity (Wildman–Crippen MR) is 105 cm³/mol. The summed E-state index contributed by atoms with van der Waals surface area (Å²) in [5.74, 6) is 0.735. The molecule has 1 aromatic heterocycles. The van der Waals surface area contributed by atoms with Gasteiger partial charge in [-0.25, -0.2) is 0 Å². The Kier molecular flexibility index (Phi) is 4.67. The minimum atomic E-state index is -1.22. The molecule has 0 fully saturated rings. The minimum absolute atomic E-state index is 0.147. The molecule has 3 aromatic rings. The van der Waals surface area contributed by atoms with E-state index in [2.05, 4.69) is 29.3 Å². The largest absolute Gasteiger partial charge is 0.497 e. The number of aromatic nitrogens is 1. The first-order valence-electron chi connectivity index (χ1n) is 8.52. The quantitative estimate of drug-likeness (QED) is 0.631. The van der Waals surface area contributed by atoms with Crippen LogP contribution in [0.25, 0.3) is 11.3 Å². The van der Waals surface area contributed by atoms with Gasteiger partial charge in [0.25, 0.3) is 0 Å². The van der Waals surface area contributed by atoms with Gasteiger partial charge in [0.2, 0.25) is 0 Å². The van der Waals surface area contributed by atoms with Gasteiger partial charge in [-0.05, 0) is 29.7 Å². The average molecular weight is 361 g/mol. The van der Waals surface area contributed by atoms with Gasteiger partial charge in [-0.15, -0.1) is 0 Å². The molecule has 2 aromatic carbocycles. The van der Waals surface area contributed by atoms with Crippen molar-refractivity contribution in [2.45, 2.75) is 16.6 Å². The molecule has 1 aliphatic rings. The van der Waals surface area contributed by atoms with Crippen LogP contribution in [-0.4, -0.2) is 16.3 Å². The number of benzene rings is 2. The highest BCUT2D eigenvalue weighted by atomic mass is 32.2. The van der Waals surface area contributed by atoms with Crippen molar-refractivity contribution in [2.24, 2.45) is 0 Å². The van der Waals surface area contributed by atoms with Crippen LogP contribution in [0.15, 0.2) is 83.9 Å². The zero-order chi connectivity index (χ0) is 17.9. The molecule has 0 saturated heterocycles. The molecule has 26 heavy (non-hydrogen) atoms. The highest BCUT2D eigenvalue weighted by Gasteiger charge is 2.24. The minimum Gasteiger partial charge on any atom is -0.497 e. The third-order valence-electron chi connectivity index (χ3n) is 4.59. The summed E-state index contributed by atoms with van der Waals surface area (Å²) in [6, 6.07) is 19.7. The standard InChI is InChI=1S/C22H19NO2S/c1-25-17-13-14-23-20(15-17)19-10-4-5-11-22(19)26(24)21-12-6-8-16-7-2-3-9-18(16)21/h2-7,9-15,21H,8H2,1H3. The van der Waals surface area contributed by atoms with Crippen LogP contribution in [0.4, 0.5) is 0 Å². The zero-order valence-corrected chi connectivity index (χ0v) is 15.3. The fourth-order valence-electron chi connectivity index (χ4n) is 3.28. The molecule has 130 valence electrons. The summed E-state index contributed by atoms with van der Waals surface area (Å²) in [5, 5.41) is -0.147. The number of rotatable bonds is 4. The Morgan fingerprint density at radius 2 is 1.88 bits per heavy atom. The number of nitrogens with zero attached hydrogens (tertiary/aromatic N) is 1. The van der Waals surface area contributed by atoms with E-state index in [0.29, 0.717) is 0 Å². The van der Waals surface area contributed by atoms with Crippen LogP contribution in [0, 0.1) is 0 Å². The van der Waals surface area contributed by atoms with Crippen LogP contribution in [0.5, 0.6) is 5.75 Å². The summed E-state index contributed by atoms with van der Waals surface area (Å²) in [6.07, 6.45) is 6.78. The van der Waals surface area contributed by atoms with E-state index < -0.39 is 10.8 Å². The number of hydrogen-bond acceptors (Lipinski definition) is 3. The third-order valence-corrected chi connectivity index (χ3v) is 6.25. The highest BCUT2D eigenvalue weighted by Crippen LogP contribution is 2.36. The average Bonchev–Trinajstić information content (AvgIpc) is 2.73.